The van der Waals surface area contributed by atoms with E-state index in [1.54, 1.807) is 12.1 Å². The summed E-state index contributed by atoms with van der Waals surface area (Å²) in [6, 6.07) is 8.91. The van der Waals surface area contributed by atoms with Gasteiger partial charge in [0.15, 0.2) is 0 Å². The van der Waals surface area contributed by atoms with Gasteiger partial charge in [-0.2, -0.15) is 0 Å². The van der Waals surface area contributed by atoms with Crippen LogP contribution < -0.4 is 5.73 Å². The highest BCUT2D eigenvalue weighted by Gasteiger charge is 2.10. The molecule has 104 valence electrons. The maximum absolute atomic E-state index is 14.1. The second-order valence-electron chi connectivity index (χ2n) is 4.61. The van der Waals surface area contributed by atoms with Crippen molar-refractivity contribution in [2.24, 2.45) is 5.73 Å². The molecule has 0 unspecified atom stereocenters. The maximum Gasteiger partial charge on any atom is 0.138 e. The van der Waals surface area contributed by atoms with Crippen molar-refractivity contribution >= 4 is 17.6 Å². The van der Waals surface area contributed by atoms with Gasteiger partial charge in [-0.1, -0.05) is 12.1 Å². The van der Waals surface area contributed by atoms with Gasteiger partial charge in [0.25, 0.3) is 0 Å². The molecular weight excluding hydrogens is 273 g/mol. The summed E-state index contributed by atoms with van der Waals surface area (Å²) in [5, 5.41) is 8.21. The van der Waals surface area contributed by atoms with Gasteiger partial charge in [-0.05, 0) is 43.2 Å². The van der Waals surface area contributed by atoms with Crippen LogP contribution in [0.1, 0.15) is 22.4 Å². The van der Waals surface area contributed by atoms with Gasteiger partial charge in [-0.15, -0.1) is 11.8 Å². The molecule has 0 aliphatic carbocycles. The summed E-state index contributed by atoms with van der Waals surface area (Å²) in [6.45, 7) is 3.95. The first-order valence-electron chi connectivity index (χ1n) is 6.17. The number of halogens is 1. The molecule has 3 N–H and O–H groups in total. The van der Waals surface area contributed by atoms with Gasteiger partial charge in [0, 0.05) is 11.4 Å². The number of aromatic nitrogens is 1. The smallest absolute Gasteiger partial charge is 0.138 e. The van der Waals surface area contributed by atoms with Gasteiger partial charge < -0.3 is 5.73 Å². The standard InChI is InChI=1S/C15H16FN3S/c1-9-6-10(2)19-13(7-9)20-8-11-4-3-5-12(14(11)16)15(17)18/h3-7H,8H2,1-2H3,(H3,17,18). The Hall–Kier alpha value is -1.88. The Labute approximate surface area is 121 Å². The van der Waals surface area contributed by atoms with Crippen LogP contribution in [0.4, 0.5) is 4.39 Å². The Morgan fingerprint density at radius 3 is 2.75 bits per heavy atom. The van der Waals surface area contributed by atoms with Crippen molar-refractivity contribution in [3.8, 4) is 0 Å². The van der Waals surface area contributed by atoms with Gasteiger partial charge in [-0.3, -0.25) is 5.41 Å². The molecule has 0 saturated heterocycles. The molecule has 3 nitrogen and oxygen atoms in total. The Morgan fingerprint density at radius 2 is 2.10 bits per heavy atom. The van der Waals surface area contributed by atoms with E-state index in [1.165, 1.54) is 17.8 Å². The number of nitrogens with two attached hydrogens (primary N) is 1. The monoisotopic (exact) mass is 289 g/mol. The van der Waals surface area contributed by atoms with Gasteiger partial charge in [-0.25, -0.2) is 9.37 Å². The fraction of sp³-hybridized carbons (Fsp3) is 0.200. The van der Waals surface area contributed by atoms with Crippen molar-refractivity contribution in [3.63, 3.8) is 0 Å². The van der Waals surface area contributed by atoms with Gasteiger partial charge in [0.1, 0.15) is 11.7 Å². The second kappa shape index (κ2) is 6.05. The normalized spacial score (nSPS) is 10.6. The maximum atomic E-state index is 14.1. The highest BCUT2D eigenvalue weighted by Crippen LogP contribution is 2.24. The van der Waals surface area contributed by atoms with Crippen LogP contribution in [0.2, 0.25) is 0 Å². The number of rotatable bonds is 4. The Bertz CT molecular complexity index is 635. The van der Waals surface area contributed by atoms with E-state index in [9.17, 15) is 4.39 Å². The number of aryl methyl sites for hydroxylation is 2. The fourth-order valence-electron chi connectivity index (χ4n) is 1.93. The van der Waals surface area contributed by atoms with Crippen LogP contribution in [0.15, 0.2) is 35.4 Å². The molecule has 0 radical (unpaired) electrons. The molecule has 5 heteroatoms. The van der Waals surface area contributed by atoms with Crippen LogP contribution in [0.25, 0.3) is 0 Å². The zero-order valence-electron chi connectivity index (χ0n) is 11.4. The molecule has 0 aliphatic heterocycles. The molecule has 1 heterocycles. The quantitative estimate of drug-likeness (QED) is 0.515. The van der Waals surface area contributed by atoms with E-state index in [0.29, 0.717) is 11.3 Å². The SMILES string of the molecule is Cc1cc(C)nc(SCc2cccc(C(=N)N)c2F)c1. The van der Waals surface area contributed by atoms with E-state index in [4.69, 9.17) is 11.1 Å². The molecule has 20 heavy (non-hydrogen) atoms. The predicted molar refractivity (Wildman–Crippen MR) is 80.7 cm³/mol. The van der Waals surface area contributed by atoms with Crippen molar-refractivity contribution in [2.45, 2.75) is 24.6 Å². The average molecular weight is 289 g/mol. The Kier molecular flexibility index (Phi) is 4.39. The fourth-order valence-corrected chi connectivity index (χ4v) is 2.93. The number of hydrogen-bond donors (Lipinski definition) is 2. The van der Waals surface area contributed by atoms with Crippen molar-refractivity contribution < 1.29 is 4.39 Å². The van der Waals surface area contributed by atoms with E-state index in [0.717, 1.165) is 16.3 Å². The van der Waals surface area contributed by atoms with E-state index >= 15 is 0 Å². The lowest BCUT2D eigenvalue weighted by Gasteiger charge is -2.07. The molecule has 0 aliphatic rings. The van der Waals surface area contributed by atoms with Crippen molar-refractivity contribution in [1.82, 2.24) is 4.98 Å². The molecule has 1 aromatic carbocycles. The summed E-state index contributed by atoms with van der Waals surface area (Å²) in [5.41, 5.74) is 8.12. The number of pyridine rings is 1. The lowest BCUT2D eigenvalue weighted by molar-refractivity contribution is 0.614. The molecule has 0 saturated carbocycles. The molecule has 0 atom stereocenters. The summed E-state index contributed by atoms with van der Waals surface area (Å²) in [7, 11) is 0. The molecule has 0 bridgehead atoms. The van der Waals surface area contributed by atoms with Crippen molar-refractivity contribution in [2.75, 3.05) is 0 Å². The molecular formula is C15H16FN3S. The predicted octanol–water partition coefficient (Wildman–Crippen LogP) is 3.41. The van der Waals surface area contributed by atoms with E-state index in [1.807, 2.05) is 26.0 Å². The summed E-state index contributed by atoms with van der Waals surface area (Å²) >= 11 is 1.47. The van der Waals surface area contributed by atoms with Crippen LogP contribution in [0.5, 0.6) is 0 Å². The van der Waals surface area contributed by atoms with E-state index in [2.05, 4.69) is 4.98 Å². The summed E-state index contributed by atoms with van der Waals surface area (Å²) < 4.78 is 14.1. The topological polar surface area (TPSA) is 62.8 Å². The zero-order valence-corrected chi connectivity index (χ0v) is 12.2. The summed E-state index contributed by atoms with van der Waals surface area (Å²) in [4.78, 5) is 4.41. The summed E-state index contributed by atoms with van der Waals surface area (Å²) in [5.74, 6) is -0.209. The van der Waals surface area contributed by atoms with Crippen LogP contribution in [0, 0.1) is 25.1 Å². The third kappa shape index (κ3) is 3.36. The lowest BCUT2D eigenvalue weighted by atomic mass is 10.1. The summed E-state index contributed by atoms with van der Waals surface area (Å²) in [6.07, 6.45) is 0. The first kappa shape index (κ1) is 14.5. The Morgan fingerprint density at radius 1 is 1.35 bits per heavy atom. The molecule has 2 rings (SSSR count). The third-order valence-corrected chi connectivity index (χ3v) is 3.78. The first-order chi connectivity index (χ1) is 9.47. The number of hydrogen-bond acceptors (Lipinski definition) is 3. The number of thioether (sulfide) groups is 1. The minimum Gasteiger partial charge on any atom is -0.384 e. The van der Waals surface area contributed by atoms with Gasteiger partial charge in [0.05, 0.1) is 10.6 Å². The van der Waals surface area contributed by atoms with E-state index in [-0.39, 0.29) is 11.4 Å². The first-order valence-corrected chi connectivity index (χ1v) is 7.16. The molecule has 1 aromatic heterocycles. The van der Waals surface area contributed by atoms with Crippen molar-refractivity contribution in [1.29, 1.82) is 5.41 Å². The molecule has 0 spiro atoms. The average Bonchev–Trinajstić information content (AvgIpc) is 2.36. The lowest BCUT2D eigenvalue weighted by Crippen LogP contribution is -2.14. The number of nitrogens with one attached hydrogen (secondary N) is 1. The molecule has 2 aromatic rings. The zero-order chi connectivity index (χ0) is 14.7. The number of amidine groups is 1. The van der Waals surface area contributed by atoms with Crippen molar-refractivity contribution in [3.05, 3.63) is 58.5 Å². The highest BCUT2D eigenvalue weighted by molar-refractivity contribution is 7.98. The number of nitrogen functional groups attached to an aromatic ring is 1. The van der Waals surface area contributed by atoms with Gasteiger partial charge >= 0.3 is 0 Å². The largest absolute Gasteiger partial charge is 0.384 e. The Balaban J connectivity index is 2.19. The molecule has 0 amide bonds. The van der Waals surface area contributed by atoms with Crippen LogP contribution in [0.3, 0.4) is 0 Å². The number of benzene rings is 1. The van der Waals surface area contributed by atoms with Gasteiger partial charge in [0.2, 0.25) is 0 Å². The van der Waals surface area contributed by atoms with Crippen LogP contribution in [-0.4, -0.2) is 10.8 Å². The molecule has 0 fully saturated rings. The van der Waals surface area contributed by atoms with E-state index < -0.39 is 5.82 Å². The highest BCUT2D eigenvalue weighted by atomic mass is 32.2. The van der Waals surface area contributed by atoms with Crippen LogP contribution in [-0.2, 0) is 5.75 Å². The third-order valence-electron chi connectivity index (χ3n) is 2.82. The van der Waals surface area contributed by atoms with Crippen LogP contribution >= 0.6 is 11.8 Å². The minimum absolute atomic E-state index is 0.150. The number of nitrogens with zero attached hydrogens (tertiary/aromatic N) is 1. The minimum atomic E-state index is -0.420. The second-order valence-corrected chi connectivity index (χ2v) is 5.60.